The second-order valence-electron chi connectivity index (χ2n) is 4.27. The van der Waals surface area contributed by atoms with Crippen LogP contribution in [-0.2, 0) is 0 Å². The molecule has 2 heterocycles. The number of thioether (sulfide) groups is 1. The van der Waals surface area contributed by atoms with Crippen molar-refractivity contribution in [3.63, 3.8) is 0 Å². The second-order valence-corrected chi connectivity index (χ2v) is 5.22. The zero-order valence-electron chi connectivity index (χ0n) is 10.9. The molecule has 1 aromatic carbocycles. The van der Waals surface area contributed by atoms with Crippen LogP contribution in [0.2, 0.25) is 0 Å². The van der Waals surface area contributed by atoms with Crippen LogP contribution in [0.3, 0.4) is 0 Å². The van der Waals surface area contributed by atoms with Gasteiger partial charge < -0.3 is 9.47 Å². The van der Waals surface area contributed by atoms with Crippen molar-refractivity contribution < 1.29 is 14.3 Å². The van der Waals surface area contributed by atoms with Gasteiger partial charge in [-0.05, 0) is 25.1 Å². The Labute approximate surface area is 119 Å². The van der Waals surface area contributed by atoms with Crippen LogP contribution in [0.25, 0.3) is 0 Å². The van der Waals surface area contributed by atoms with Crippen LogP contribution >= 0.6 is 11.8 Å². The molecule has 0 bridgehead atoms. The van der Waals surface area contributed by atoms with Crippen LogP contribution in [0.5, 0.6) is 11.5 Å². The summed E-state index contributed by atoms with van der Waals surface area (Å²) in [6, 6.07) is 5.24. The summed E-state index contributed by atoms with van der Waals surface area (Å²) in [5.41, 5.74) is 0.606. The maximum absolute atomic E-state index is 12.1. The lowest BCUT2D eigenvalue weighted by atomic mass is 10.1. The van der Waals surface area contributed by atoms with Gasteiger partial charge in [-0.25, -0.2) is 4.98 Å². The number of hydrogen-bond donors (Lipinski definition) is 1. The van der Waals surface area contributed by atoms with Gasteiger partial charge >= 0.3 is 0 Å². The van der Waals surface area contributed by atoms with Crippen molar-refractivity contribution in [1.29, 1.82) is 0 Å². The van der Waals surface area contributed by atoms with Crippen molar-refractivity contribution in [3.05, 3.63) is 29.6 Å². The minimum atomic E-state index is 0.00873. The van der Waals surface area contributed by atoms with Crippen molar-refractivity contribution in [2.24, 2.45) is 0 Å². The number of nitrogens with one attached hydrogen (secondary N) is 1. The molecule has 1 aliphatic rings. The van der Waals surface area contributed by atoms with Crippen molar-refractivity contribution in [1.82, 2.24) is 15.2 Å². The van der Waals surface area contributed by atoms with Gasteiger partial charge in [0.05, 0.1) is 5.75 Å². The highest BCUT2D eigenvalue weighted by Gasteiger charge is 2.15. The number of aromatic amines is 1. The van der Waals surface area contributed by atoms with E-state index < -0.39 is 0 Å². The van der Waals surface area contributed by atoms with Gasteiger partial charge in [0.25, 0.3) is 0 Å². The third-order valence-electron chi connectivity index (χ3n) is 2.77. The molecule has 3 rings (SSSR count). The lowest BCUT2D eigenvalue weighted by Gasteiger charge is -2.18. The topological polar surface area (TPSA) is 77.1 Å². The number of carbonyl (C=O) groups excluding carboxylic acids is 1. The normalized spacial score (nSPS) is 13.2. The fraction of sp³-hybridized carbons (Fsp3) is 0.308. The minimum Gasteiger partial charge on any atom is -0.486 e. The minimum absolute atomic E-state index is 0.00873. The Morgan fingerprint density at radius 2 is 2.15 bits per heavy atom. The number of aromatic nitrogens is 3. The summed E-state index contributed by atoms with van der Waals surface area (Å²) in [5, 5.41) is 7.30. The fourth-order valence-corrected chi connectivity index (χ4v) is 2.56. The van der Waals surface area contributed by atoms with E-state index >= 15 is 0 Å². The third-order valence-corrected chi connectivity index (χ3v) is 3.62. The van der Waals surface area contributed by atoms with Crippen molar-refractivity contribution in [2.45, 2.75) is 12.1 Å². The van der Waals surface area contributed by atoms with Gasteiger partial charge in [-0.15, -0.1) is 5.10 Å². The van der Waals surface area contributed by atoms with Crippen molar-refractivity contribution in [2.75, 3.05) is 19.0 Å². The fourth-order valence-electron chi connectivity index (χ4n) is 1.82. The van der Waals surface area contributed by atoms with Gasteiger partial charge in [0, 0.05) is 5.56 Å². The number of hydrogen-bond acceptors (Lipinski definition) is 6. The first kappa shape index (κ1) is 13.0. The number of fused-ring (bicyclic) bond motifs is 1. The Hall–Kier alpha value is -2.02. The van der Waals surface area contributed by atoms with Gasteiger partial charge in [0.15, 0.2) is 17.3 Å². The summed E-state index contributed by atoms with van der Waals surface area (Å²) in [6.45, 7) is 2.87. The van der Waals surface area contributed by atoms with Crippen LogP contribution in [-0.4, -0.2) is 39.9 Å². The molecule has 0 amide bonds. The summed E-state index contributed by atoms with van der Waals surface area (Å²) in [4.78, 5) is 16.3. The number of ketones is 1. The number of ether oxygens (including phenoxy) is 2. The number of Topliss-reactive ketones (excluding diaryl/α,β-unsaturated/α-hetero) is 1. The molecule has 104 valence electrons. The van der Waals surface area contributed by atoms with Crippen LogP contribution in [0.1, 0.15) is 16.2 Å². The van der Waals surface area contributed by atoms with Gasteiger partial charge in [-0.1, -0.05) is 11.8 Å². The quantitative estimate of drug-likeness (QED) is 0.684. The van der Waals surface area contributed by atoms with Gasteiger partial charge in [-0.3, -0.25) is 9.89 Å². The third kappa shape index (κ3) is 2.77. The van der Waals surface area contributed by atoms with E-state index in [0.29, 0.717) is 35.4 Å². The SMILES string of the molecule is Cc1nc(SCC(=O)c2ccc3c(c2)OCCO3)n[nH]1. The molecule has 0 fully saturated rings. The molecule has 1 aromatic heterocycles. The Morgan fingerprint density at radius 1 is 1.35 bits per heavy atom. The summed E-state index contributed by atoms with van der Waals surface area (Å²) < 4.78 is 10.9. The number of nitrogens with zero attached hydrogens (tertiary/aromatic N) is 2. The molecular weight excluding hydrogens is 278 g/mol. The van der Waals surface area contributed by atoms with E-state index in [2.05, 4.69) is 15.2 Å². The molecular formula is C13H13N3O3S. The number of benzene rings is 1. The highest BCUT2D eigenvalue weighted by atomic mass is 32.2. The molecule has 0 atom stereocenters. The van der Waals surface area contributed by atoms with Gasteiger partial charge in [-0.2, -0.15) is 0 Å². The van der Waals surface area contributed by atoms with Gasteiger partial charge in [0.2, 0.25) is 5.16 Å². The second kappa shape index (κ2) is 5.54. The Kier molecular flexibility index (Phi) is 3.60. The first-order chi connectivity index (χ1) is 9.72. The Balaban J connectivity index is 1.67. The zero-order chi connectivity index (χ0) is 13.9. The summed E-state index contributed by atoms with van der Waals surface area (Å²) >= 11 is 1.31. The van der Waals surface area contributed by atoms with Crippen LogP contribution < -0.4 is 9.47 Å². The molecule has 0 aliphatic carbocycles. The van der Waals surface area contributed by atoms with Crippen LogP contribution in [0, 0.1) is 6.92 Å². The number of aryl methyl sites for hydroxylation is 1. The lowest BCUT2D eigenvalue weighted by Crippen LogP contribution is -2.16. The molecule has 0 spiro atoms. The monoisotopic (exact) mass is 291 g/mol. The van der Waals surface area contributed by atoms with Gasteiger partial charge in [0.1, 0.15) is 19.0 Å². The maximum Gasteiger partial charge on any atom is 0.208 e. The number of rotatable bonds is 4. The van der Waals surface area contributed by atoms with E-state index in [-0.39, 0.29) is 11.5 Å². The lowest BCUT2D eigenvalue weighted by molar-refractivity contribution is 0.102. The zero-order valence-corrected chi connectivity index (χ0v) is 11.7. The molecule has 0 saturated heterocycles. The molecule has 6 nitrogen and oxygen atoms in total. The molecule has 0 saturated carbocycles. The predicted octanol–water partition coefficient (Wildman–Crippen LogP) is 1.86. The van der Waals surface area contributed by atoms with Crippen molar-refractivity contribution in [3.8, 4) is 11.5 Å². The predicted molar refractivity (Wildman–Crippen MR) is 73.6 cm³/mol. The number of carbonyl (C=O) groups is 1. The number of H-pyrrole nitrogens is 1. The smallest absolute Gasteiger partial charge is 0.208 e. The standard InChI is InChI=1S/C13H13N3O3S/c1-8-14-13(16-15-8)20-7-10(17)9-2-3-11-12(6-9)19-5-4-18-11/h2-3,6H,4-5,7H2,1H3,(H,14,15,16). The summed E-state index contributed by atoms with van der Waals surface area (Å²) in [5.74, 6) is 2.34. The Bertz CT molecular complexity index is 642. The van der Waals surface area contributed by atoms with E-state index in [1.165, 1.54) is 11.8 Å². The van der Waals surface area contributed by atoms with E-state index in [1.807, 2.05) is 6.92 Å². The van der Waals surface area contributed by atoms with E-state index in [0.717, 1.165) is 5.82 Å². The largest absolute Gasteiger partial charge is 0.486 e. The molecule has 0 unspecified atom stereocenters. The van der Waals surface area contributed by atoms with Crippen LogP contribution in [0.15, 0.2) is 23.4 Å². The van der Waals surface area contributed by atoms with Crippen molar-refractivity contribution >= 4 is 17.5 Å². The first-order valence-electron chi connectivity index (χ1n) is 6.17. The van der Waals surface area contributed by atoms with E-state index in [4.69, 9.17) is 9.47 Å². The molecule has 20 heavy (non-hydrogen) atoms. The van der Waals surface area contributed by atoms with Crippen LogP contribution in [0.4, 0.5) is 0 Å². The van der Waals surface area contributed by atoms with E-state index in [1.54, 1.807) is 18.2 Å². The molecule has 1 N–H and O–H groups in total. The summed E-state index contributed by atoms with van der Waals surface area (Å²) in [6.07, 6.45) is 0. The molecule has 1 aliphatic heterocycles. The summed E-state index contributed by atoms with van der Waals surface area (Å²) in [7, 11) is 0. The average molecular weight is 291 g/mol. The highest BCUT2D eigenvalue weighted by molar-refractivity contribution is 7.99. The first-order valence-corrected chi connectivity index (χ1v) is 7.15. The molecule has 7 heteroatoms. The van der Waals surface area contributed by atoms with E-state index in [9.17, 15) is 4.79 Å². The average Bonchev–Trinajstić information content (AvgIpc) is 2.90. The molecule has 2 aromatic rings. The highest BCUT2D eigenvalue weighted by Crippen LogP contribution is 2.31. The maximum atomic E-state index is 12.1. The Morgan fingerprint density at radius 3 is 2.90 bits per heavy atom. The molecule has 0 radical (unpaired) electrons.